The Kier molecular flexibility index (Phi) is 8.81. The second-order valence-corrected chi connectivity index (χ2v) is 6.05. The van der Waals surface area contributed by atoms with Crippen molar-refractivity contribution in [1.29, 1.82) is 0 Å². The average Bonchev–Trinajstić information content (AvgIpc) is 2.62. The van der Waals surface area contributed by atoms with Crippen molar-refractivity contribution in [3.63, 3.8) is 0 Å². The number of likely N-dealkylation sites (tertiary alicyclic amines) is 1. The molecule has 1 saturated heterocycles. The van der Waals surface area contributed by atoms with E-state index < -0.39 is 0 Å². The molecule has 0 aliphatic carbocycles. The standard InChI is InChI=1S/C19H29NO4/c1-2-23-19(21)16-24-18-9-12-20(13-10-18)11-6-14-22-15-17-7-4-3-5-8-17/h3-5,7-8,18H,2,6,9-16H2,1H3. The van der Waals surface area contributed by atoms with Gasteiger partial charge in [-0.2, -0.15) is 0 Å². The van der Waals surface area contributed by atoms with E-state index in [1.54, 1.807) is 6.92 Å². The molecule has 24 heavy (non-hydrogen) atoms. The van der Waals surface area contributed by atoms with E-state index in [-0.39, 0.29) is 18.7 Å². The first-order valence-corrected chi connectivity index (χ1v) is 8.89. The molecule has 5 nitrogen and oxygen atoms in total. The van der Waals surface area contributed by atoms with Crippen LogP contribution in [0.1, 0.15) is 31.7 Å². The number of ether oxygens (including phenoxy) is 3. The van der Waals surface area contributed by atoms with Crippen LogP contribution in [0.15, 0.2) is 30.3 Å². The Morgan fingerprint density at radius 2 is 1.96 bits per heavy atom. The topological polar surface area (TPSA) is 48.0 Å². The molecular formula is C19H29NO4. The summed E-state index contributed by atoms with van der Waals surface area (Å²) in [6, 6.07) is 10.3. The van der Waals surface area contributed by atoms with Gasteiger partial charge in [-0.3, -0.25) is 0 Å². The molecule has 0 saturated carbocycles. The van der Waals surface area contributed by atoms with Gasteiger partial charge in [-0.05, 0) is 31.7 Å². The Bertz CT molecular complexity index is 458. The number of nitrogens with zero attached hydrogens (tertiary/aromatic N) is 1. The zero-order valence-corrected chi connectivity index (χ0v) is 14.6. The van der Waals surface area contributed by atoms with E-state index in [0.29, 0.717) is 13.2 Å². The molecule has 2 rings (SSSR count). The second kappa shape index (κ2) is 11.2. The van der Waals surface area contributed by atoms with E-state index >= 15 is 0 Å². The minimum absolute atomic E-state index is 0.0752. The van der Waals surface area contributed by atoms with Crippen molar-refractivity contribution in [2.24, 2.45) is 0 Å². The molecule has 1 fully saturated rings. The second-order valence-electron chi connectivity index (χ2n) is 6.05. The summed E-state index contributed by atoms with van der Waals surface area (Å²) in [5, 5.41) is 0. The van der Waals surface area contributed by atoms with Gasteiger partial charge >= 0.3 is 5.97 Å². The lowest BCUT2D eigenvalue weighted by molar-refractivity contribution is -0.151. The van der Waals surface area contributed by atoms with Gasteiger partial charge in [-0.25, -0.2) is 4.79 Å². The third-order valence-corrected chi connectivity index (χ3v) is 4.15. The van der Waals surface area contributed by atoms with Crippen molar-refractivity contribution in [2.75, 3.05) is 39.5 Å². The molecule has 0 N–H and O–H groups in total. The molecule has 0 aromatic heterocycles. The maximum atomic E-state index is 11.3. The fourth-order valence-electron chi connectivity index (χ4n) is 2.84. The molecule has 1 heterocycles. The van der Waals surface area contributed by atoms with Gasteiger partial charge in [0.25, 0.3) is 0 Å². The smallest absolute Gasteiger partial charge is 0.332 e. The summed E-state index contributed by atoms with van der Waals surface area (Å²) in [6.45, 7) is 6.86. The molecule has 134 valence electrons. The molecule has 1 aliphatic heterocycles. The Morgan fingerprint density at radius 3 is 2.67 bits per heavy atom. The third-order valence-electron chi connectivity index (χ3n) is 4.15. The van der Waals surface area contributed by atoms with Crippen LogP contribution in [-0.2, 0) is 25.6 Å². The van der Waals surface area contributed by atoms with Crippen LogP contribution in [-0.4, -0.2) is 56.4 Å². The van der Waals surface area contributed by atoms with Crippen LogP contribution in [0.25, 0.3) is 0 Å². The van der Waals surface area contributed by atoms with Crippen molar-refractivity contribution in [2.45, 2.75) is 38.9 Å². The Morgan fingerprint density at radius 1 is 1.21 bits per heavy atom. The molecule has 0 atom stereocenters. The Labute approximate surface area is 144 Å². The van der Waals surface area contributed by atoms with Crippen molar-refractivity contribution in [3.8, 4) is 0 Å². The molecule has 0 unspecified atom stereocenters. The van der Waals surface area contributed by atoms with Gasteiger partial charge in [-0.1, -0.05) is 30.3 Å². The number of piperidine rings is 1. The first-order valence-electron chi connectivity index (χ1n) is 8.89. The summed E-state index contributed by atoms with van der Waals surface area (Å²) < 4.78 is 16.2. The van der Waals surface area contributed by atoms with Crippen LogP contribution in [0, 0.1) is 0 Å². The highest BCUT2D eigenvalue weighted by Gasteiger charge is 2.20. The number of hydrogen-bond acceptors (Lipinski definition) is 5. The lowest BCUT2D eigenvalue weighted by Crippen LogP contribution is -2.38. The van der Waals surface area contributed by atoms with Crippen LogP contribution in [0.2, 0.25) is 0 Å². The van der Waals surface area contributed by atoms with Gasteiger partial charge in [0.1, 0.15) is 6.61 Å². The number of carbonyl (C=O) groups excluding carboxylic acids is 1. The molecule has 1 aromatic carbocycles. The average molecular weight is 335 g/mol. The van der Waals surface area contributed by atoms with Gasteiger partial charge in [-0.15, -0.1) is 0 Å². The van der Waals surface area contributed by atoms with E-state index in [2.05, 4.69) is 17.0 Å². The monoisotopic (exact) mass is 335 g/mol. The number of benzene rings is 1. The van der Waals surface area contributed by atoms with Crippen molar-refractivity contribution < 1.29 is 19.0 Å². The Balaban J connectivity index is 1.48. The van der Waals surface area contributed by atoms with E-state index in [0.717, 1.165) is 45.5 Å². The maximum absolute atomic E-state index is 11.3. The SMILES string of the molecule is CCOC(=O)COC1CCN(CCCOCc2ccccc2)CC1. The zero-order valence-electron chi connectivity index (χ0n) is 14.6. The summed E-state index contributed by atoms with van der Waals surface area (Å²) in [7, 11) is 0. The van der Waals surface area contributed by atoms with Gasteiger partial charge in [0.15, 0.2) is 0 Å². The minimum atomic E-state index is -0.268. The van der Waals surface area contributed by atoms with E-state index in [4.69, 9.17) is 14.2 Å². The summed E-state index contributed by atoms with van der Waals surface area (Å²) in [5.74, 6) is -0.268. The molecular weight excluding hydrogens is 306 g/mol. The van der Waals surface area contributed by atoms with Gasteiger partial charge in [0.05, 0.1) is 19.3 Å². The van der Waals surface area contributed by atoms with Gasteiger partial charge in [0, 0.05) is 26.2 Å². The highest BCUT2D eigenvalue weighted by Crippen LogP contribution is 2.14. The van der Waals surface area contributed by atoms with Crippen LogP contribution >= 0.6 is 0 Å². The van der Waals surface area contributed by atoms with Gasteiger partial charge < -0.3 is 19.1 Å². The largest absolute Gasteiger partial charge is 0.464 e. The highest BCUT2D eigenvalue weighted by atomic mass is 16.6. The van der Waals surface area contributed by atoms with Crippen LogP contribution < -0.4 is 0 Å². The summed E-state index contributed by atoms with van der Waals surface area (Å²) in [6.07, 6.45) is 3.18. The zero-order chi connectivity index (χ0) is 17.0. The molecule has 0 radical (unpaired) electrons. The fourth-order valence-corrected chi connectivity index (χ4v) is 2.84. The van der Waals surface area contributed by atoms with Gasteiger partial charge in [0.2, 0.25) is 0 Å². The molecule has 1 aliphatic rings. The fraction of sp³-hybridized carbons (Fsp3) is 0.632. The quantitative estimate of drug-likeness (QED) is 0.486. The van der Waals surface area contributed by atoms with Crippen molar-refractivity contribution in [3.05, 3.63) is 35.9 Å². The summed E-state index contributed by atoms with van der Waals surface area (Å²) >= 11 is 0. The third kappa shape index (κ3) is 7.43. The van der Waals surface area contributed by atoms with E-state index in [1.807, 2.05) is 18.2 Å². The lowest BCUT2D eigenvalue weighted by atomic mass is 10.1. The molecule has 0 amide bonds. The number of rotatable bonds is 10. The first kappa shape index (κ1) is 18.9. The molecule has 5 heteroatoms. The molecule has 0 spiro atoms. The van der Waals surface area contributed by atoms with Crippen molar-refractivity contribution in [1.82, 2.24) is 4.90 Å². The molecule has 0 bridgehead atoms. The van der Waals surface area contributed by atoms with Crippen LogP contribution in [0.5, 0.6) is 0 Å². The highest BCUT2D eigenvalue weighted by molar-refractivity contribution is 5.70. The number of carbonyl (C=O) groups is 1. The van der Waals surface area contributed by atoms with E-state index in [1.165, 1.54) is 5.56 Å². The lowest BCUT2D eigenvalue weighted by Gasteiger charge is -2.31. The number of hydrogen-bond donors (Lipinski definition) is 0. The van der Waals surface area contributed by atoms with E-state index in [9.17, 15) is 4.79 Å². The minimum Gasteiger partial charge on any atom is -0.464 e. The summed E-state index contributed by atoms with van der Waals surface area (Å²) in [4.78, 5) is 13.7. The Hall–Kier alpha value is -1.43. The summed E-state index contributed by atoms with van der Waals surface area (Å²) in [5.41, 5.74) is 1.22. The molecule has 1 aromatic rings. The van der Waals surface area contributed by atoms with Crippen molar-refractivity contribution >= 4 is 5.97 Å². The van der Waals surface area contributed by atoms with Crippen LogP contribution in [0.4, 0.5) is 0 Å². The number of esters is 1. The predicted molar refractivity (Wildman–Crippen MR) is 92.8 cm³/mol. The predicted octanol–water partition coefficient (Wildman–Crippen LogP) is 2.64. The maximum Gasteiger partial charge on any atom is 0.332 e. The van der Waals surface area contributed by atoms with Crippen LogP contribution in [0.3, 0.4) is 0 Å². The normalized spacial score (nSPS) is 16.2. The first-order chi connectivity index (χ1) is 11.8.